The lowest BCUT2D eigenvalue weighted by molar-refractivity contribution is 1.17. The van der Waals surface area contributed by atoms with E-state index < -0.39 is 8.07 Å². The molecule has 3 heteroatoms. The van der Waals surface area contributed by atoms with Gasteiger partial charge in [0, 0.05) is 32.9 Å². The molecule has 0 spiro atoms. The molecule has 2 aliphatic rings. The van der Waals surface area contributed by atoms with Gasteiger partial charge in [0.05, 0.1) is 22.1 Å². The maximum atomic E-state index is 2.58. The minimum atomic E-state index is -3.02. The first-order valence-electron chi connectivity index (χ1n) is 22.8. The van der Waals surface area contributed by atoms with Crippen molar-refractivity contribution in [2.45, 2.75) is 12.8 Å². The van der Waals surface area contributed by atoms with Crippen LogP contribution in [-0.4, -0.2) is 17.2 Å². The van der Waals surface area contributed by atoms with Gasteiger partial charge < -0.3 is 9.13 Å². The number of nitrogens with zero attached hydrogens (tertiary/aromatic N) is 2. The van der Waals surface area contributed by atoms with E-state index in [1.54, 1.807) is 0 Å². The molecule has 304 valence electrons. The Labute approximate surface area is 378 Å². The standard InChI is InChI=1S/C62H42N2Si/c1-5-19-45(20-6-1)63-59-31-29-49(37-55(59)57-39-53-43(35-61(57)63)33-41-17-13-15-27-51(41)53)65(47-23-9-3-10-24-47,48-25-11-4-12-26-48)50-30-32-60-56(38-50)58-40-54-44(34-42-18-14-16-28-52(42)54)36-62(58)64(60)46-21-7-2-8-22-46/h1-32,35-40H,33-34H2. The molecule has 2 heterocycles. The Morgan fingerprint density at radius 2 is 0.631 bits per heavy atom. The van der Waals surface area contributed by atoms with Gasteiger partial charge in [0.25, 0.3) is 0 Å². The average molecular weight is 843 g/mol. The Balaban J connectivity index is 1.09. The van der Waals surface area contributed by atoms with E-state index in [4.69, 9.17) is 0 Å². The second-order valence-electron chi connectivity index (χ2n) is 18.0. The van der Waals surface area contributed by atoms with Crippen LogP contribution in [0.3, 0.4) is 0 Å². The van der Waals surface area contributed by atoms with Crippen molar-refractivity contribution in [1.29, 1.82) is 0 Å². The third-order valence-corrected chi connectivity index (χ3v) is 19.4. The highest BCUT2D eigenvalue weighted by molar-refractivity contribution is 7.20. The molecule has 0 fully saturated rings. The normalized spacial score (nSPS) is 12.8. The molecule has 0 atom stereocenters. The summed E-state index contributed by atoms with van der Waals surface area (Å²) in [5.74, 6) is 0. The molecule has 0 radical (unpaired) electrons. The molecule has 2 aromatic heterocycles. The summed E-state index contributed by atoms with van der Waals surface area (Å²) < 4.78 is 4.99. The zero-order valence-corrected chi connectivity index (χ0v) is 36.7. The highest BCUT2D eigenvalue weighted by Gasteiger charge is 2.42. The first-order chi connectivity index (χ1) is 32.2. The largest absolute Gasteiger partial charge is 0.309 e. The van der Waals surface area contributed by atoms with Crippen molar-refractivity contribution in [1.82, 2.24) is 9.13 Å². The number of fused-ring (bicyclic) bond motifs is 12. The molecule has 12 aromatic rings. The molecule has 0 aliphatic heterocycles. The SMILES string of the molecule is c1ccc(-n2c3ccc([Si](c4ccccc4)(c4ccccc4)c4ccc5c(c4)c4cc6c(cc4n5-c4ccccc4)Cc4ccccc4-6)cc3c3cc4c(cc32)Cc2ccccc2-4)cc1. The van der Waals surface area contributed by atoms with E-state index in [0.717, 1.165) is 12.8 Å². The minimum Gasteiger partial charge on any atom is -0.309 e. The summed E-state index contributed by atoms with van der Waals surface area (Å²) in [4.78, 5) is 0. The molecular formula is C62H42N2Si. The van der Waals surface area contributed by atoms with E-state index in [-0.39, 0.29) is 0 Å². The summed E-state index contributed by atoms with van der Waals surface area (Å²) in [6.07, 6.45) is 1.92. The highest BCUT2D eigenvalue weighted by Crippen LogP contribution is 2.44. The number of para-hydroxylation sites is 2. The summed E-state index contributed by atoms with van der Waals surface area (Å²) in [5.41, 5.74) is 18.4. The molecule has 2 aliphatic carbocycles. The van der Waals surface area contributed by atoms with Crippen molar-refractivity contribution in [3.63, 3.8) is 0 Å². The molecule has 10 aromatic carbocycles. The van der Waals surface area contributed by atoms with Crippen molar-refractivity contribution in [2.75, 3.05) is 0 Å². The summed E-state index contributed by atoms with van der Waals surface area (Å²) in [7, 11) is -3.02. The lowest BCUT2D eigenvalue weighted by Crippen LogP contribution is -2.74. The van der Waals surface area contributed by atoms with E-state index in [9.17, 15) is 0 Å². The van der Waals surface area contributed by atoms with Gasteiger partial charge in [0.1, 0.15) is 0 Å². The zero-order valence-electron chi connectivity index (χ0n) is 35.7. The van der Waals surface area contributed by atoms with Gasteiger partial charge in [-0.05, 0) is 139 Å². The van der Waals surface area contributed by atoms with Crippen LogP contribution in [0.2, 0.25) is 0 Å². The maximum absolute atomic E-state index is 3.02. The molecule has 0 saturated heterocycles. The fourth-order valence-electron chi connectivity index (χ4n) is 11.8. The van der Waals surface area contributed by atoms with E-state index in [0.29, 0.717) is 0 Å². The van der Waals surface area contributed by atoms with Crippen molar-refractivity contribution < 1.29 is 0 Å². The number of hydrogen-bond acceptors (Lipinski definition) is 0. The quantitative estimate of drug-likeness (QED) is 0.117. The Kier molecular flexibility index (Phi) is 7.87. The van der Waals surface area contributed by atoms with Crippen LogP contribution in [0.1, 0.15) is 22.3 Å². The molecule has 0 amide bonds. The lowest BCUT2D eigenvalue weighted by atomic mass is 10.0. The van der Waals surface area contributed by atoms with Crippen LogP contribution in [0.15, 0.2) is 231 Å². The van der Waals surface area contributed by atoms with Crippen LogP contribution < -0.4 is 20.7 Å². The highest BCUT2D eigenvalue weighted by atomic mass is 28.3. The minimum absolute atomic E-state index is 0.958. The number of aromatic nitrogens is 2. The van der Waals surface area contributed by atoms with Crippen molar-refractivity contribution >= 4 is 72.4 Å². The van der Waals surface area contributed by atoms with Crippen LogP contribution in [0.4, 0.5) is 0 Å². The molecule has 0 unspecified atom stereocenters. The molecular weight excluding hydrogens is 801 g/mol. The Morgan fingerprint density at radius 3 is 1.06 bits per heavy atom. The van der Waals surface area contributed by atoms with Crippen LogP contribution in [0, 0.1) is 0 Å². The Morgan fingerprint density at radius 1 is 0.262 bits per heavy atom. The maximum Gasteiger partial charge on any atom is 0.179 e. The van der Waals surface area contributed by atoms with Crippen molar-refractivity contribution in [3.05, 3.63) is 253 Å². The first kappa shape index (κ1) is 36.5. The molecule has 0 N–H and O–H groups in total. The summed E-state index contributed by atoms with van der Waals surface area (Å²) in [6.45, 7) is 0. The molecule has 0 bridgehead atoms. The van der Waals surface area contributed by atoms with Gasteiger partial charge in [-0.3, -0.25) is 0 Å². The number of hydrogen-bond donors (Lipinski definition) is 0. The monoisotopic (exact) mass is 842 g/mol. The van der Waals surface area contributed by atoms with E-state index in [1.807, 2.05) is 0 Å². The third-order valence-electron chi connectivity index (χ3n) is 14.7. The second-order valence-corrected chi connectivity index (χ2v) is 21.8. The topological polar surface area (TPSA) is 9.86 Å². The zero-order chi connectivity index (χ0) is 42.6. The average Bonchev–Trinajstić information content (AvgIpc) is 4.11. The number of benzene rings is 10. The summed E-state index contributed by atoms with van der Waals surface area (Å²) in [6, 6.07) is 87.5. The predicted molar refractivity (Wildman–Crippen MR) is 275 cm³/mol. The van der Waals surface area contributed by atoms with Gasteiger partial charge >= 0.3 is 0 Å². The van der Waals surface area contributed by atoms with Gasteiger partial charge in [0.2, 0.25) is 0 Å². The van der Waals surface area contributed by atoms with Crippen molar-refractivity contribution in [2.24, 2.45) is 0 Å². The van der Waals surface area contributed by atoms with Gasteiger partial charge in [-0.2, -0.15) is 0 Å². The lowest BCUT2D eigenvalue weighted by Gasteiger charge is -2.34. The fourth-order valence-corrected chi connectivity index (χ4v) is 16.6. The van der Waals surface area contributed by atoms with Crippen molar-refractivity contribution in [3.8, 4) is 33.6 Å². The van der Waals surface area contributed by atoms with Gasteiger partial charge in [0.15, 0.2) is 8.07 Å². The van der Waals surface area contributed by atoms with Crippen LogP contribution >= 0.6 is 0 Å². The molecule has 0 saturated carbocycles. The second kappa shape index (κ2) is 14.0. The number of rotatable bonds is 6. The van der Waals surface area contributed by atoms with E-state index in [1.165, 1.54) is 120 Å². The van der Waals surface area contributed by atoms with Gasteiger partial charge in [-0.15, -0.1) is 0 Å². The predicted octanol–water partition coefficient (Wildman–Crippen LogP) is 12.4. The fraction of sp³-hybridized carbons (Fsp3) is 0.0323. The van der Waals surface area contributed by atoms with Crippen LogP contribution in [0.5, 0.6) is 0 Å². The molecule has 14 rings (SSSR count). The summed E-state index contributed by atoms with van der Waals surface area (Å²) in [5, 5.41) is 10.6. The van der Waals surface area contributed by atoms with Gasteiger partial charge in [-0.1, -0.05) is 170 Å². The van der Waals surface area contributed by atoms with Crippen LogP contribution in [-0.2, 0) is 12.8 Å². The van der Waals surface area contributed by atoms with E-state index in [2.05, 4.69) is 240 Å². The molecule has 2 nitrogen and oxygen atoms in total. The Hall–Kier alpha value is -7.98. The first-order valence-corrected chi connectivity index (χ1v) is 24.8. The molecule has 65 heavy (non-hydrogen) atoms. The van der Waals surface area contributed by atoms with Gasteiger partial charge in [-0.25, -0.2) is 0 Å². The smallest absolute Gasteiger partial charge is 0.179 e. The Bertz CT molecular complexity index is 3610. The summed E-state index contributed by atoms with van der Waals surface area (Å²) >= 11 is 0. The third kappa shape index (κ3) is 5.28. The van der Waals surface area contributed by atoms with Crippen LogP contribution in [0.25, 0.3) is 77.2 Å². The van der Waals surface area contributed by atoms with E-state index >= 15 is 0 Å².